The first-order valence-electron chi connectivity index (χ1n) is 8.16. The van der Waals surface area contributed by atoms with Crippen molar-refractivity contribution in [2.45, 2.75) is 77.4 Å². The van der Waals surface area contributed by atoms with Gasteiger partial charge >= 0.3 is 0 Å². The molecule has 0 aromatic heterocycles. The van der Waals surface area contributed by atoms with Gasteiger partial charge in [-0.1, -0.05) is 39.5 Å². The molecule has 0 bridgehead atoms. The Morgan fingerprint density at radius 2 is 1.72 bits per heavy atom. The summed E-state index contributed by atoms with van der Waals surface area (Å²) in [5, 5.41) is 3.65. The lowest BCUT2D eigenvalue weighted by molar-refractivity contribution is -0.0213. The van der Waals surface area contributed by atoms with Crippen LogP contribution in [-0.4, -0.2) is 25.3 Å². The van der Waals surface area contributed by atoms with E-state index in [4.69, 9.17) is 4.74 Å². The van der Waals surface area contributed by atoms with Gasteiger partial charge in [0.2, 0.25) is 0 Å². The number of hydrogen-bond donors (Lipinski definition) is 1. The molecule has 0 aromatic rings. The molecule has 18 heavy (non-hydrogen) atoms. The highest BCUT2D eigenvalue weighted by Crippen LogP contribution is 2.30. The minimum atomic E-state index is 0.529. The molecule has 0 spiro atoms. The first kappa shape index (κ1) is 14.3. The average molecular weight is 253 g/mol. The molecule has 2 nitrogen and oxygen atoms in total. The van der Waals surface area contributed by atoms with Crippen molar-refractivity contribution in [2.24, 2.45) is 11.8 Å². The van der Waals surface area contributed by atoms with Crippen molar-refractivity contribution in [2.75, 3.05) is 13.2 Å². The smallest absolute Gasteiger partial charge is 0.0626 e. The van der Waals surface area contributed by atoms with E-state index in [0.29, 0.717) is 12.1 Å². The zero-order valence-electron chi connectivity index (χ0n) is 12.3. The predicted molar refractivity (Wildman–Crippen MR) is 76.8 cm³/mol. The Morgan fingerprint density at radius 1 is 1.06 bits per heavy atom. The van der Waals surface area contributed by atoms with Gasteiger partial charge in [-0.3, -0.25) is 0 Å². The Bertz CT molecular complexity index is 225. The Labute approximate surface area is 113 Å². The molecule has 2 rings (SSSR count). The van der Waals surface area contributed by atoms with Gasteiger partial charge < -0.3 is 10.1 Å². The van der Waals surface area contributed by atoms with Crippen LogP contribution in [0, 0.1) is 11.8 Å². The fraction of sp³-hybridized carbons (Fsp3) is 1.00. The number of hydrogen-bond acceptors (Lipinski definition) is 2. The van der Waals surface area contributed by atoms with E-state index in [9.17, 15) is 0 Å². The van der Waals surface area contributed by atoms with Crippen molar-refractivity contribution >= 4 is 0 Å². The third-order valence-corrected chi connectivity index (χ3v) is 4.96. The lowest BCUT2D eigenvalue weighted by Gasteiger charge is -2.32. The molecular formula is C16H31NO. The van der Waals surface area contributed by atoms with E-state index in [1.165, 1.54) is 51.4 Å². The molecule has 2 fully saturated rings. The van der Waals surface area contributed by atoms with E-state index >= 15 is 0 Å². The van der Waals surface area contributed by atoms with Crippen LogP contribution in [0.2, 0.25) is 0 Å². The number of ether oxygens (including phenoxy) is 1. The average Bonchev–Trinajstić information content (AvgIpc) is 2.90. The van der Waals surface area contributed by atoms with Gasteiger partial charge in [0.1, 0.15) is 0 Å². The second-order valence-electron chi connectivity index (χ2n) is 6.34. The molecule has 1 N–H and O–H groups in total. The summed E-state index contributed by atoms with van der Waals surface area (Å²) in [7, 11) is 0. The zero-order valence-corrected chi connectivity index (χ0v) is 12.3. The molecule has 106 valence electrons. The maximum atomic E-state index is 6.26. The summed E-state index contributed by atoms with van der Waals surface area (Å²) in [6, 6.07) is 0.603. The van der Waals surface area contributed by atoms with Gasteiger partial charge in [-0.2, -0.15) is 0 Å². The number of likely N-dealkylation sites (N-methyl/N-ethyl adjacent to an activating group) is 1. The quantitative estimate of drug-likeness (QED) is 0.778. The fourth-order valence-electron chi connectivity index (χ4n) is 3.74. The molecule has 0 heterocycles. The van der Waals surface area contributed by atoms with E-state index in [2.05, 4.69) is 19.2 Å². The maximum Gasteiger partial charge on any atom is 0.0626 e. The van der Waals surface area contributed by atoms with Gasteiger partial charge in [-0.05, 0) is 44.1 Å². The van der Waals surface area contributed by atoms with Crippen LogP contribution in [0.4, 0.5) is 0 Å². The van der Waals surface area contributed by atoms with E-state index in [1.54, 1.807) is 0 Å². The van der Waals surface area contributed by atoms with Gasteiger partial charge in [-0.15, -0.1) is 0 Å². The summed E-state index contributed by atoms with van der Waals surface area (Å²) < 4.78 is 6.26. The van der Waals surface area contributed by atoms with E-state index in [1.807, 2.05) is 0 Å². The van der Waals surface area contributed by atoms with E-state index in [0.717, 1.165) is 25.0 Å². The van der Waals surface area contributed by atoms with Crippen molar-refractivity contribution in [3.8, 4) is 0 Å². The molecule has 0 amide bonds. The van der Waals surface area contributed by atoms with Crippen molar-refractivity contribution in [1.82, 2.24) is 5.32 Å². The maximum absolute atomic E-state index is 6.26. The highest BCUT2D eigenvalue weighted by Gasteiger charge is 2.27. The topological polar surface area (TPSA) is 21.3 Å². The molecule has 0 radical (unpaired) electrons. The largest absolute Gasteiger partial charge is 0.376 e. The van der Waals surface area contributed by atoms with Crippen molar-refractivity contribution < 1.29 is 4.74 Å². The van der Waals surface area contributed by atoms with Crippen LogP contribution >= 0.6 is 0 Å². The van der Waals surface area contributed by atoms with Crippen LogP contribution in [0.3, 0.4) is 0 Å². The summed E-state index contributed by atoms with van der Waals surface area (Å²) in [4.78, 5) is 0. The summed E-state index contributed by atoms with van der Waals surface area (Å²) >= 11 is 0. The van der Waals surface area contributed by atoms with Crippen molar-refractivity contribution in [3.63, 3.8) is 0 Å². The monoisotopic (exact) mass is 253 g/mol. The SMILES string of the molecule is CCNC(COC1CCCCC1C)C1CCCC1. The summed E-state index contributed by atoms with van der Waals surface area (Å²) in [5.41, 5.74) is 0. The highest BCUT2D eigenvalue weighted by molar-refractivity contribution is 4.81. The first-order chi connectivity index (χ1) is 8.81. The van der Waals surface area contributed by atoms with Gasteiger partial charge in [0, 0.05) is 6.04 Å². The number of rotatable bonds is 6. The Hall–Kier alpha value is -0.0800. The van der Waals surface area contributed by atoms with Crippen LogP contribution < -0.4 is 5.32 Å². The van der Waals surface area contributed by atoms with E-state index in [-0.39, 0.29) is 0 Å². The standard InChI is InChI=1S/C16H31NO/c1-3-17-15(14-9-5-6-10-14)12-18-16-11-7-4-8-13(16)2/h13-17H,3-12H2,1-2H3. The van der Waals surface area contributed by atoms with Crippen molar-refractivity contribution in [3.05, 3.63) is 0 Å². The van der Waals surface area contributed by atoms with Crippen LogP contribution in [0.5, 0.6) is 0 Å². The molecule has 3 unspecified atom stereocenters. The molecule has 3 atom stereocenters. The minimum absolute atomic E-state index is 0.529. The Kier molecular flexibility index (Phi) is 5.97. The zero-order chi connectivity index (χ0) is 12.8. The lowest BCUT2D eigenvalue weighted by atomic mass is 9.88. The normalized spacial score (nSPS) is 31.7. The third-order valence-electron chi connectivity index (χ3n) is 4.96. The van der Waals surface area contributed by atoms with Crippen LogP contribution in [0.15, 0.2) is 0 Å². The Balaban J connectivity index is 1.77. The van der Waals surface area contributed by atoms with Gasteiger partial charge in [0.25, 0.3) is 0 Å². The fourth-order valence-corrected chi connectivity index (χ4v) is 3.74. The molecule has 2 aliphatic rings. The van der Waals surface area contributed by atoms with Crippen LogP contribution in [0.25, 0.3) is 0 Å². The molecule has 0 aliphatic heterocycles. The minimum Gasteiger partial charge on any atom is -0.376 e. The van der Waals surface area contributed by atoms with Gasteiger partial charge in [-0.25, -0.2) is 0 Å². The summed E-state index contributed by atoms with van der Waals surface area (Å²) in [6.07, 6.45) is 11.6. The first-order valence-corrected chi connectivity index (χ1v) is 8.16. The van der Waals surface area contributed by atoms with Gasteiger partial charge in [0.15, 0.2) is 0 Å². The highest BCUT2D eigenvalue weighted by atomic mass is 16.5. The van der Waals surface area contributed by atoms with Crippen LogP contribution in [0.1, 0.15) is 65.2 Å². The predicted octanol–water partition coefficient (Wildman–Crippen LogP) is 3.75. The third kappa shape index (κ3) is 3.96. The summed E-state index contributed by atoms with van der Waals surface area (Å²) in [5.74, 6) is 1.63. The Morgan fingerprint density at radius 3 is 2.39 bits per heavy atom. The van der Waals surface area contributed by atoms with Crippen LogP contribution in [-0.2, 0) is 4.74 Å². The number of nitrogens with one attached hydrogen (secondary N) is 1. The van der Waals surface area contributed by atoms with Crippen molar-refractivity contribution in [1.29, 1.82) is 0 Å². The molecular weight excluding hydrogens is 222 g/mol. The van der Waals surface area contributed by atoms with E-state index < -0.39 is 0 Å². The van der Waals surface area contributed by atoms with Gasteiger partial charge in [0.05, 0.1) is 12.7 Å². The molecule has 2 saturated carbocycles. The second-order valence-corrected chi connectivity index (χ2v) is 6.34. The molecule has 0 saturated heterocycles. The molecule has 2 heteroatoms. The molecule has 0 aromatic carbocycles. The molecule has 2 aliphatic carbocycles. The summed E-state index contributed by atoms with van der Waals surface area (Å²) in [6.45, 7) is 6.59. The second kappa shape index (κ2) is 7.49. The lowest BCUT2D eigenvalue weighted by Crippen LogP contribution is -2.41.